The van der Waals surface area contributed by atoms with Crippen LogP contribution >= 0.6 is 22.9 Å². The number of hydrogen-bond acceptors (Lipinski definition) is 5. The fraction of sp³-hybridized carbons (Fsp3) is 0.273. The number of rotatable bonds is 4. The van der Waals surface area contributed by atoms with Crippen LogP contribution in [0.5, 0.6) is 0 Å². The third-order valence-electron chi connectivity index (χ3n) is 2.29. The first kappa shape index (κ1) is 12.1. The van der Waals surface area contributed by atoms with E-state index < -0.39 is 0 Å². The van der Waals surface area contributed by atoms with Gasteiger partial charge in [-0.3, -0.25) is 0 Å². The Kier molecular flexibility index (Phi) is 3.81. The summed E-state index contributed by atoms with van der Waals surface area (Å²) in [6.45, 7) is 2.08. The van der Waals surface area contributed by atoms with E-state index in [2.05, 4.69) is 39.0 Å². The minimum absolute atomic E-state index is 0.199. The van der Waals surface area contributed by atoms with Crippen molar-refractivity contribution in [2.45, 2.75) is 19.4 Å². The van der Waals surface area contributed by atoms with Crippen LogP contribution in [0.4, 0.5) is 11.5 Å². The molecule has 1 unspecified atom stereocenters. The van der Waals surface area contributed by atoms with Crippen LogP contribution in [0, 0.1) is 0 Å². The largest absolute Gasteiger partial charge is 0.394 e. The molecule has 0 aliphatic carbocycles. The summed E-state index contributed by atoms with van der Waals surface area (Å²) >= 11 is 7.42. The molecule has 0 saturated carbocycles. The number of nitrogens with zero attached hydrogens (tertiary/aromatic N) is 2. The van der Waals surface area contributed by atoms with Gasteiger partial charge in [0.25, 0.3) is 0 Å². The number of aromatic nitrogens is 2. The zero-order chi connectivity index (χ0) is 12.3. The lowest BCUT2D eigenvalue weighted by molar-refractivity contribution is 0.786. The molecule has 0 spiro atoms. The summed E-state index contributed by atoms with van der Waals surface area (Å²) in [6, 6.07) is 2.34. The second kappa shape index (κ2) is 5.33. The predicted octanol–water partition coefficient (Wildman–Crippen LogP) is 2.82. The van der Waals surface area contributed by atoms with Gasteiger partial charge in [0.1, 0.15) is 0 Å². The van der Waals surface area contributed by atoms with E-state index in [0.717, 1.165) is 6.42 Å². The smallest absolute Gasteiger partial charge is 0.224 e. The van der Waals surface area contributed by atoms with Crippen LogP contribution in [-0.2, 0) is 6.42 Å². The number of anilines is 2. The molecule has 6 heteroatoms. The first-order valence-electron chi connectivity index (χ1n) is 5.21. The van der Waals surface area contributed by atoms with Crippen LogP contribution in [0.25, 0.3) is 0 Å². The van der Waals surface area contributed by atoms with E-state index >= 15 is 0 Å². The number of halogens is 1. The Balaban J connectivity index is 2.02. The molecule has 17 heavy (non-hydrogen) atoms. The molecule has 2 aromatic heterocycles. The Labute approximate surface area is 109 Å². The molecule has 2 rings (SSSR count). The monoisotopic (exact) mass is 268 g/mol. The topological polar surface area (TPSA) is 63.8 Å². The standard InChI is InChI=1S/C11H13ClN4S/c1-7(4-8-2-3-17-6-8)15-10-9(13)5-14-11(12)16-10/h2-3,5-7H,4,13H2,1H3,(H,14,15,16). The van der Waals surface area contributed by atoms with Crippen LogP contribution in [0.15, 0.2) is 23.0 Å². The number of nitrogens with one attached hydrogen (secondary N) is 1. The van der Waals surface area contributed by atoms with Crippen molar-refractivity contribution in [1.29, 1.82) is 0 Å². The SMILES string of the molecule is CC(Cc1ccsc1)Nc1nc(Cl)ncc1N. The Hall–Kier alpha value is -1.33. The Bertz CT molecular complexity index is 486. The predicted molar refractivity (Wildman–Crippen MR) is 72.6 cm³/mol. The summed E-state index contributed by atoms with van der Waals surface area (Å²) in [7, 11) is 0. The molecular weight excluding hydrogens is 256 g/mol. The van der Waals surface area contributed by atoms with E-state index in [9.17, 15) is 0 Å². The average Bonchev–Trinajstić information content (AvgIpc) is 2.76. The molecule has 2 aromatic rings. The second-order valence-corrected chi connectivity index (χ2v) is 4.94. The van der Waals surface area contributed by atoms with Gasteiger partial charge in [-0.05, 0) is 47.3 Å². The van der Waals surface area contributed by atoms with Gasteiger partial charge < -0.3 is 11.1 Å². The van der Waals surface area contributed by atoms with Crippen LogP contribution in [0.1, 0.15) is 12.5 Å². The van der Waals surface area contributed by atoms with Crippen molar-refractivity contribution in [1.82, 2.24) is 9.97 Å². The molecule has 3 N–H and O–H groups in total. The van der Waals surface area contributed by atoms with Crippen molar-refractivity contribution in [3.63, 3.8) is 0 Å². The number of thiophene rings is 1. The van der Waals surface area contributed by atoms with Crippen molar-refractivity contribution in [3.05, 3.63) is 33.9 Å². The van der Waals surface area contributed by atoms with Gasteiger partial charge >= 0.3 is 0 Å². The highest BCUT2D eigenvalue weighted by molar-refractivity contribution is 7.07. The molecule has 0 aliphatic heterocycles. The lowest BCUT2D eigenvalue weighted by Gasteiger charge is -2.15. The van der Waals surface area contributed by atoms with Gasteiger partial charge in [-0.25, -0.2) is 4.98 Å². The molecule has 0 fully saturated rings. The summed E-state index contributed by atoms with van der Waals surface area (Å²) in [5.74, 6) is 0.590. The molecule has 4 nitrogen and oxygen atoms in total. The van der Waals surface area contributed by atoms with Gasteiger partial charge in [0, 0.05) is 6.04 Å². The van der Waals surface area contributed by atoms with Crippen molar-refractivity contribution < 1.29 is 0 Å². The fourth-order valence-electron chi connectivity index (χ4n) is 1.53. The average molecular weight is 269 g/mol. The number of nitrogen functional groups attached to an aromatic ring is 1. The van der Waals surface area contributed by atoms with E-state index in [0.29, 0.717) is 11.5 Å². The van der Waals surface area contributed by atoms with Crippen molar-refractivity contribution >= 4 is 34.4 Å². The minimum atomic E-state index is 0.199. The first-order chi connectivity index (χ1) is 8.15. The summed E-state index contributed by atoms with van der Waals surface area (Å²) < 4.78 is 0. The normalized spacial score (nSPS) is 12.4. The van der Waals surface area contributed by atoms with Gasteiger partial charge in [0.05, 0.1) is 11.9 Å². The van der Waals surface area contributed by atoms with Gasteiger partial charge in [-0.2, -0.15) is 16.3 Å². The van der Waals surface area contributed by atoms with E-state index in [1.165, 1.54) is 11.8 Å². The third-order valence-corrected chi connectivity index (χ3v) is 3.21. The van der Waals surface area contributed by atoms with Crippen LogP contribution < -0.4 is 11.1 Å². The summed E-state index contributed by atoms with van der Waals surface area (Å²) in [6.07, 6.45) is 2.43. The minimum Gasteiger partial charge on any atom is -0.394 e. The highest BCUT2D eigenvalue weighted by atomic mass is 35.5. The highest BCUT2D eigenvalue weighted by Crippen LogP contribution is 2.18. The van der Waals surface area contributed by atoms with Gasteiger partial charge in [-0.1, -0.05) is 0 Å². The lowest BCUT2D eigenvalue weighted by atomic mass is 10.1. The number of hydrogen-bond donors (Lipinski definition) is 2. The third kappa shape index (κ3) is 3.31. The maximum atomic E-state index is 5.77. The molecule has 0 aromatic carbocycles. The summed E-state index contributed by atoms with van der Waals surface area (Å²) in [5, 5.41) is 7.63. The van der Waals surface area contributed by atoms with Gasteiger partial charge in [0.15, 0.2) is 5.82 Å². The molecule has 0 amide bonds. The maximum Gasteiger partial charge on any atom is 0.224 e. The maximum absolute atomic E-state index is 5.77. The first-order valence-corrected chi connectivity index (χ1v) is 6.53. The molecule has 0 radical (unpaired) electrons. The van der Waals surface area contributed by atoms with E-state index in [-0.39, 0.29) is 11.3 Å². The van der Waals surface area contributed by atoms with Crippen LogP contribution in [-0.4, -0.2) is 16.0 Å². The molecule has 0 aliphatic rings. The van der Waals surface area contributed by atoms with E-state index in [4.69, 9.17) is 17.3 Å². The quantitative estimate of drug-likeness (QED) is 0.837. The highest BCUT2D eigenvalue weighted by Gasteiger charge is 2.08. The zero-order valence-electron chi connectivity index (χ0n) is 9.35. The van der Waals surface area contributed by atoms with E-state index in [1.807, 2.05) is 0 Å². The molecule has 0 saturated heterocycles. The van der Waals surface area contributed by atoms with E-state index in [1.54, 1.807) is 11.3 Å². The molecule has 1 atom stereocenters. The Morgan fingerprint density at radius 2 is 2.41 bits per heavy atom. The summed E-state index contributed by atoms with van der Waals surface area (Å²) in [4.78, 5) is 7.88. The molecule has 2 heterocycles. The Morgan fingerprint density at radius 1 is 1.59 bits per heavy atom. The van der Waals surface area contributed by atoms with Gasteiger partial charge in [-0.15, -0.1) is 0 Å². The van der Waals surface area contributed by atoms with Crippen molar-refractivity contribution in [2.24, 2.45) is 0 Å². The van der Waals surface area contributed by atoms with Crippen molar-refractivity contribution in [2.75, 3.05) is 11.1 Å². The fourth-order valence-corrected chi connectivity index (χ4v) is 2.35. The van der Waals surface area contributed by atoms with Crippen molar-refractivity contribution in [3.8, 4) is 0 Å². The zero-order valence-corrected chi connectivity index (χ0v) is 10.9. The molecular formula is C11H13ClN4S. The number of nitrogens with two attached hydrogens (primary N) is 1. The lowest BCUT2D eigenvalue weighted by Crippen LogP contribution is -2.19. The van der Waals surface area contributed by atoms with Gasteiger partial charge in [0.2, 0.25) is 5.28 Å². The van der Waals surface area contributed by atoms with Crippen LogP contribution in [0.2, 0.25) is 5.28 Å². The molecule has 0 bridgehead atoms. The van der Waals surface area contributed by atoms with Crippen LogP contribution in [0.3, 0.4) is 0 Å². The summed E-state index contributed by atoms with van der Waals surface area (Å²) in [5.41, 5.74) is 7.57. The molecule has 90 valence electrons. The Morgan fingerprint density at radius 3 is 3.12 bits per heavy atom. The second-order valence-electron chi connectivity index (χ2n) is 3.82.